The maximum atomic E-state index is 5.80. The monoisotopic (exact) mass is 264 g/mol. The van der Waals surface area contributed by atoms with Gasteiger partial charge in [-0.3, -0.25) is 0 Å². The predicted molar refractivity (Wildman–Crippen MR) is 71.5 cm³/mol. The lowest BCUT2D eigenvalue weighted by Crippen LogP contribution is -2.49. The summed E-state index contributed by atoms with van der Waals surface area (Å²) in [6, 6.07) is 3.86. The standard InChI is InChI=1S/C14H20N2O3/c1-2-17-12-5-3-7-15-13(12)16-8-4-6-14(11-16)18-9-10-19-14/h3,5,7H,2,4,6,8-11H2,1H3. The third kappa shape index (κ3) is 2.53. The minimum atomic E-state index is -0.431. The second kappa shape index (κ2) is 5.35. The van der Waals surface area contributed by atoms with E-state index in [1.165, 1.54) is 0 Å². The second-order valence-electron chi connectivity index (χ2n) is 4.89. The summed E-state index contributed by atoms with van der Waals surface area (Å²) in [5.41, 5.74) is 0. The van der Waals surface area contributed by atoms with Gasteiger partial charge in [-0.25, -0.2) is 4.98 Å². The average Bonchev–Trinajstić information content (AvgIpc) is 2.88. The first-order chi connectivity index (χ1) is 9.33. The number of rotatable bonds is 3. The highest BCUT2D eigenvalue weighted by Gasteiger charge is 2.41. The largest absolute Gasteiger partial charge is 0.490 e. The van der Waals surface area contributed by atoms with Crippen LogP contribution in [-0.2, 0) is 9.47 Å². The molecule has 1 aromatic heterocycles. The Balaban J connectivity index is 1.81. The lowest BCUT2D eigenvalue weighted by molar-refractivity contribution is -0.161. The number of ether oxygens (including phenoxy) is 3. The van der Waals surface area contributed by atoms with Gasteiger partial charge in [0, 0.05) is 19.2 Å². The van der Waals surface area contributed by atoms with Crippen LogP contribution in [-0.4, -0.2) is 43.7 Å². The van der Waals surface area contributed by atoms with Crippen molar-refractivity contribution >= 4 is 5.82 Å². The molecule has 0 aromatic carbocycles. The molecule has 2 saturated heterocycles. The SMILES string of the molecule is CCOc1cccnc1N1CCCC2(C1)OCCO2. The van der Waals surface area contributed by atoms with Gasteiger partial charge < -0.3 is 19.1 Å². The van der Waals surface area contributed by atoms with Crippen molar-refractivity contribution in [2.24, 2.45) is 0 Å². The number of pyridine rings is 1. The van der Waals surface area contributed by atoms with Crippen molar-refractivity contribution in [2.45, 2.75) is 25.6 Å². The molecular weight excluding hydrogens is 244 g/mol. The smallest absolute Gasteiger partial charge is 0.186 e. The van der Waals surface area contributed by atoms with Gasteiger partial charge in [-0.1, -0.05) is 0 Å². The minimum Gasteiger partial charge on any atom is -0.490 e. The molecule has 5 heteroatoms. The number of aromatic nitrogens is 1. The van der Waals surface area contributed by atoms with Gasteiger partial charge in [-0.15, -0.1) is 0 Å². The number of hydrogen-bond acceptors (Lipinski definition) is 5. The van der Waals surface area contributed by atoms with Gasteiger partial charge >= 0.3 is 0 Å². The Morgan fingerprint density at radius 1 is 1.42 bits per heavy atom. The molecule has 19 heavy (non-hydrogen) atoms. The van der Waals surface area contributed by atoms with Crippen molar-refractivity contribution in [2.75, 3.05) is 37.8 Å². The normalized spacial score (nSPS) is 21.8. The van der Waals surface area contributed by atoms with Crippen molar-refractivity contribution in [1.29, 1.82) is 0 Å². The highest BCUT2D eigenvalue weighted by atomic mass is 16.7. The number of nitrogens with zero attached hydrogens (tertiary/aromatic N) is 2. The molecule has 1 spiro atoms. The summed E-state index contributed by atoms with van der Waals surface area (Å²) in [5, 5.41) is 0. The summed E-state index contributed by atoms with van der Waals surface area (Å²) >= 11 is 0. The van der Waals surface area contributed by atoms with Crippen LogP contribution in [0.4, 0.5) is 5.82 Å². The van der Waals surface area contributed by atoms with Gasteiger partial charge in [0.15, 0.2) is 17.4 Å². The molecular formula is C14H20N2O3. The molecule has 0 aliphatic carbocycles. The molecule has 2 fully saturated rings. The fourth-order valence-corrected chi connectivity index (χ4v) is 2.79. The van der Waals surface area contributed by atoms with Crippen molar-refractivity contribution in [1.82, 2.24) is 4.98 Å². The van der Waals surface area contributed by atoms with E-state index in [2.05, 4.69) is 9.88 Å². The Kier molecular flexibility index (Phi) is 3.57. The van der Waals surface area contributed by atoms with Crippen molar-refractivity contribution in [3.8, 4) is 5.75 Å². The Hall–Kier alpha value is -1.33. The summed E-state index contributed by atoms with van der Waals surface area (Å²) in [6.45, 7) is 5.70. The molecule has 0 amide bonds. The van der Waals surface area contributed by atoms with Crippen LogP contribution in [0.25, 0.3) is 0 Å². The summed E-state index contributed by atoms with van der Waals surface area (Å²) in [7, 11) is 0. The Morgan fingerprint density at radius 2 is 2.26 bits per heavy atom. The van der Waals surface area contributed by atoms with Crippen molar-refractivity contribution < 1.29 is 14.2 Å². The molecule has 3 rings (SSSR count). The minimum absolute atomic E-state index is 0.431. The van der Waals surface area contributed by atoms with Gasteiger partial charge in [0.25, 0.3) is 0 Å². The zero-order chi connectivity index (χ0) is 13.1. The second-order valence-corrected chi connectivity index (χ2v) is 4.89. The zero-order valence-electron chi connectivity index (χ0n) is 11.3. The maximum absolute atomic E-state index is 5.80. The molecule has 0 N–H and O–H groups in total. The summed E-state index contributed by atoms with van der Waals surface area (Å²) in [6.07, 6.45) is 3.80. The number of anilines is 1. The highest BCUT2D eigenvalue weighted by Crippen LogP contribution is 2.35. The highest BCUT2D eigenvalue weighted by molar-refractivity contribution is 5.52. The number of hydrogen-bond donors (Lipinski definition) is 0. The van der Waals surface area contributed by atoms with Crippen molar-refractivity contribution in [3.63, 3.8) is 0 Å². The Morgan fingerprint density at radius 3 is 3.05 bits per heavy atom. The predicted octanol–water partition coefficient (Wildman–Crippen LogP) is 1.82. The maximum Gasteiger partial charge on any atom is 0.186 e. The zero-order valence-corrected chi connectivity index (χ0v) is 11.3. The summed E-state index contributed by atoms with van der Waals surface area (Å²) in [4.78, 5) is 6.67. The molecule has 0 atom stereocenters. The van der Waals surface area contributed by atoms with Gasteiger partial charge in [-0.2, -0.15) is 0 Å². The van der Waals surface area contributed by atoms with Gasteiger partial charge in [-0.05, 0) is 25.5 Å². The van der Waals surface area contributed by atoms with Crippen LogP contribution < -0.4 is 9.64 Å². The van der Waals surface area contributed by atoms with Crippen LogP contribution in [0.3, 0.4) is 0 Å². The molecule has 5 nitrogen and oxygen atoms in total. The number of piperidine rings is 1. The van der Waals surface area contributed by atoms with Crippen LogP contribution in [0.5, 0.6) is 5.75 Å². The van der Waals surface area contributed by atoms with Crippen LogP contribution >= 0.6 is 0 Å². The lowest BCUT2D eigenvalue weighted by atomic mass is 10.0. The summed E-state index contributed by atoms with van der Waals surface area (Å²) in [5.74, 6) is 1.29. The fourth-order valence-electron chi connectivity index (χ4n) is 2.79. The third-order valence-corrected chi connectivity index (χ3v) is 3.58. The molecule has 0 saturated carbocycles. The molecule has 104 valence electrons. The first-order valence-electron chi connectivity index (χ1n) is 6.94. The van der Waals surface area contributed by atoms with E-state index in [0.717, 1.165) is 37.5 Å². The quantitative estimate of drug-likeness (QED) is 0.833. The van der Waals surface area contributed by atoms with E-state index >= 15 is 0 Å². The topological polar surface area (TPSA) is 43.8 Å². The van der Waals surface area contributed by atoms with Gasteiger partial charge in [0.2, 0.25) is 0 Å². The van der Waals surface area contributed by atoms with Crippen LogP contribution in [0.15, 0.2) is 18.3 Å². The summed E-state index contributed by atoms with van der Waals surface area (Å²) < 4.78 is 17.3. The van der Waals surface area contributed by atoms with E-state index in [1.54, 1.807) is 6.20 Å². The van der Waals surface area contributed by atoms with E-state index in [1.807, 2.05) is 19.1 Å². The Labute approximate surface area is 113 Å². The van der Waals surface area contributed by atoms with Crippen LogP contribution in [0.1, 0.15) is 19.8 Å². The molecule has 3 heterocycles. The van der Waals surface area contributed by atoms with E-state index in [-0.39, 0.29) is 0 Å². The van der Waals surface area contributed by atoms with Crippen LogP contribution in [0.2, 0.25) is 0 Å². The lowest BCUT2D eigenvalue weighted by Gasteiger charge is -2.39. The Bertz CT molecular complexity index is 432. The first-order valence-corrected chi connectivity index (χ1v) is 6.94. The molecule has 0 radical (unpaired) electrons. The van der Waals surface area contributed by atoms with Crippen molar-refractivity contribution in [3.05, 3.63) is 18.3 Å². The average molecular weight is 264 g/mol. The van der Waals surface area contributed by atoms with Gasteiger partial charge in [0.1, 0.15) is 0 Å². The third-order valence-electron chi connectivity index (χ3n) is 3.58. The molecule has 0 unspecified atom stereocenters. The van der Waals surface area contributed by atoms with Gasteiger partial charge in [0.05, 0.1) is 26.4 Å². The molecule has 1 aromatic rings. The van der Waals surface area contributed by atoms with E-state index in [0.29, 0.717) is 19.8 Å². The first kappa shape index (κ1) is 12.7. The molecule has 0 bridgehead atoms. The van der Waals surface area contributed by atoms with E-state index in [4.69, 9.17) is 14.2 Å². The van der Waals surface area contributed by atoms with Crippen LogP contribution in [0, 0.1) is 0 Å². The van der Waals surface area contributed by atoms with E-state index in [9.17, 15) is 0 Å². The molecule has 2 aliphatic rings. The molecule has 2 aliphatic heterocycles. The fraction of sp³-hybridized carbons (Fsp3) is 0.643. The van der Waals surface area contributed by atoms with E-state index < -0.39 is 5.79 Å².